The van der Waals surface area contributed by atoms with Crippen LogP contribution in [0.2, 0.25) is 0 Å². The number of rotatable bonds is 6. The molecule has 0 bridgehead atoms. The van der Waals surface area contributed by atoms with E-state index in [-0.39, 0.29) is 0 Å². The summed E-state index contributed by atoms with van der Waals surface area (Å²) >= 11 is 0. The maximum absolute atomic E-state index is 5.84. The first kappa shape index (κ1) is 18.4. The Kier molecular flexibility index (Phi) is 5.23. The van der Waals surface area contributed by atoms with Gasteiger partial charge in [-0.3, -0.25) is 4.68 Å². The Morgan fingerprint density at radius 1 is 1.18 bits per heavy atom. The van der Waals surface area contributed by atoms with Crippen LogP contribution in [0.15, 0.2) is 36.8 Å². The molecule has 7 heteroatoms. The third-order valence-electron chi connectivity index (χ3n) is 4.64. The van der Waals surface area contributed by atoms with Crippen LogP contribution in [-0.4, -0.2) is 32.5 Å². The van der Waals surface area contributed by atoms with Crippen molar-refractivity contribution in [2.75, 3.05) is 18.5 Å². The number of fused-ring (bicyclic) bond motifs is 1. The van der Waals surface area contributed by atoms with E-state index in [0.717, 1.165) is 47.2 Å². The van der Waals surface area contributed by atoms with E-state index in [9.17, 15) is 0 Å². The summed E-state index contributed by atoms with van der Waals surface area (Å²) in [6.45, 7) is 7.34. The average Bonchev–Trinajstić information content (AvgIpc) is 3.17. The minimum absolute atomic E-state index is 0.561. The van der Waals surface area contributed by atoms with Crippen LogP contribution in [-0.2, 0) is 20.1 Å². The van der Waals surface area contributed by atoms with Crippen LogP contribution in [0.4, 0.5) is 5.95 Å². The van der Waals surface area contributed by atoms with Crippen LogP contribution in [0, 0.1) is 5.92 Å². The van der Waals surface area contributed by atoms with Gasteiger partial charge >= 0.3 is 0 Å². The SMILES string of the molecule is CC(C)Cn1ccnc1NCc1cn(C)nc1-c1ccc2c(c1)OCCCO2. The van der Waals surface area contributed by atoms with Crippen molar-refractivity contribution in [3.05, 3.63) is 42.4 Å². The van der Waals surface area contributed by atoms with E-state index in [4.69, 9.17) is 9.47 Å². The highest BCUT2D eigenvalue weighted by Gasteiger charge is 2.16. The Hall–Kier alpha value is -2.96. The number of anilines is 1. The van der Waals surface area contributed by atoms with E-state index in [1.54, 1.807) is 0 Å². The molecule has 0 radical (unpaired) electrons. The summed E-state index contributed by atoms with van der Waals surface area (Å²) < 4.78 is 15.6. The van der Waals surface area contributed by atoms with Crippen molar-refractivity contribution in [1.29, 1.82) is 0 Å². The molecule has 0 atom stereocenters. The summed E-state index contributed by atoms with van der Waals surface area (Å²) in [6.07, 6.45) is 6.78. The topological polar surface area (TPSA) is 66.1 Å². The Morgan fingerprint density at radius 2 is 2.00 bits per heavy atom. The smallest absolute Gasteiger partial charge is 0.203 e. The van der Waals surface area contributed by atoms with Crippen molar-refractivity contribution in [1.82, 2.24) is 19.3 Å². The molecule has 3 heterocycles. The summed E-state index contributed by atoms with van der Waals surface area (Å²) in [6, 6.07) is 6.03. The van der Waals surface area contributed by atoms with E-state index >= 15 is 0 Å². The fraction of sp³-hybridized carbons (Fsp3) is 0.429. The molecule has 0 amide bonds. The van der Waals surface area contributed by atoms with Crippen LogP contribution < -0.4 is 14.8 Å². The predicted octanol–water partition coefficient (Wildman–Crippen LogP) is 3.71. The van der Waals surface area contributed by atoms with Gasteiger partial charge in [-0.25, -0.2) is 4.98 Å². The van der Waals surface area contributed by atoms with Gasteiger partial charge in [-0.15, -0.1) is 0 Å². The maximum atomic E-state index is 5.84. The molecular weight excluding hydrogens is 354 g/mol. The van der Waals surface area contributed by atoms with E-state index in [1.165, 1.54) is 0 Å². The number of aromatic nitrogens is 4. The van der Waals surface area contributed by atoms with Crippen LogP contribution in [0.1, 0.15) is 25.8 Å². The zero-order valence-electron chi connectivity index (χ0n) is 16.7. The zero-order valence-corrected chi connectivity index (χ0v) is 16.7. The number of benzene rings is 1. The normalized spacial score (nSPS) is 13.6. The van der Waals surface area contributed by atoms with Crippen molar-refractivity contribution in [2.24, 2.45) is 13.0 Å². The van der Waals surface area contributed by atoms with Gasteiger partial charge in [-0.1, -0.05) is 13.8 Å². The van der Waals surface area contributed by atoms with Gasteiger partial charge < -0.3 is 19.4 Å². The van der Waals surface area contributed by atoms with Gasteiger partial charge in [0, 0.05) is 56.3 Å². The van der Waals surface area contributed by atoms with Crippen molar-refractivity contribution in [2.45, 2.75) is 33.4 Å². The molecule has 0 saturated carbocycles. The lowest BCUT2D eigenvalue weighted by Crippen LogP contribution is -2.10. The zero-order chi connectivity index (χ0) is 19.5. The summed E-state index contributed by atoms with van der Waals surface area (Å²) in [7, 11) is 1.94. The molecule has 2 aromatic heterocycles. The second kappa shape index (κ2) is 7.96. The molecule has 0 aliphatic carbocycles. The number of aryl methyl sites for hydroxylation is 1. The van der Waals surface area contributed by atoms with E-state index in [1.807, 2.05) is 48.5 Å². The highest BCUT2D eigenvalue weighted by molar-refractivity contribution is 5.67. The van der Waals surface area contributed by atoms with Crippen molar-refractivity contribution >= 4 is 5.95 Å². The number of imidazole rings is 1. The summed E-state index contributed by atoms with van der Waals surface area (Å²) in [5.74, 6) is 3.02. The molecular formula is C21H27N5O2. The highest BCUT2D eigenvalue weighted by Crippen LogP contribution is 2.34. The molecule has 1 N–H and O–H groups in total. The molecule has 0 fully saturated rings. The van der Waals surface area contributed by atoms with Crippen LogP contribution in [0.3, 0.4) is 0 Å². The van der Waals surface area contributed by atoms with E-state index in [0.29, 0.717) is 25.7 Å². The molecule has 3 aromatic rings. The number of ether oxygens (including phenoxy) is 2. The molecule has 0 unspecified atom stereocenters. The fourth-order valence-electron chi connectivity index (χ4n) is 3.41. The monoisotopic (exact) mass is 381 g/mol. The van der Waals surface area contributed by atoms with E-state index in [2.05, 4.69) is 33.8 Å². The Morgan fingerprint density at radius 3 is 2.82 bits per heavy atom. The van der Waals surface area contributed by atoms with Gasteiger partial charge in [0.25, 0.3) is 0 Å². The van der Waals surface area contributed by atoms with Crippen molar-refractivity contribution < 1.29 is 9.47 Å². The van der Waals surface area contributed by atoms with Gasteiger partial charge in [0.05, 0.1) is 18.9 Å². The minimum atomic E-state index is 0.561. The third-order valence-corrected chi connectivity index (χ3v) is 4.64. The summed E-state index contributed by atoms with van der Waals surface area (Å²) in [5.41, 5.74) is 3.07. The average molecular weight is 381 g/mol. The van der Waals surface area contributed by atoms with Crippen LogP contribution in [0.25, 0.3) is 11.3 Å². The second-order valence-electron chi connectivity index (χ2n) is 7.54. The number of hydrogen-bond donors (Lipinski definition) is 1. The minimum Gasteiger partial charge on any atom is -0.490 e. The quantitative estimate of drug-likeness (QED) is 0.705. The van der Waals surface area contributed by atoms with Crippen molar-refractivity contribution in [3.63, 3.8) is 0 Å². The first-order chi connectivity index (χ1) is 13.6. The lowest BCUT2D eigenvalue weighted by atomic mass is 10.1. The number of nitrogens with one attached hydrogen (secondary N) is 1. The van der Waals surface area contributed by atoms with Gasteiger partial charge in [-0.05, 0) is 24.1 Å². The van der Waals surface area contributed by atoms with Gasteiger partial charge in [0.1, 0.15) is 0 Å². The van der Waals surface area contributed by atoms with Gasteiger partial charge in [0.15, 0.2) is 11.5 Å². The van der Waals surface area contributed by atoms with Crippen LogP contribution in [0.5, 0.6) is 11.5 Å². The third kappa shape index (κ3) is 3.98. The predicted molar refractivity (Wildman–Crippen MR) is 109 cm³/mol. The van der Waals surface area contributed by atoms with Gasteiger partial charge in [0.2, 0.25) is 5.95 Å². The molecule has 1 aromatic carbocycles. The van der Waals surface area contributed by atoms with E-state index < -0.39 is 0 Å². The first-order valence-corrected chi connectivity index (χ1v) is 9.77. The molecule has 0 spiro atoms. The molecule has 4 rings (SSSR count). The molecule has 0 saturated heterocycles. The Labute approximate surface area is 165 Å². The standard InChI is InChI=1S/C21H27N5O2/c1-15(2)13-26-8-7-22-21(26)23-12-17-14-25(3)24-20(17)16-5-6-18-19(11-16)28-10-4-9-27-18/h5-8,11,14-15H,4,9-10,12-13H2,1-3H3,(H,22,23). The first-order valence-electron chi connectivity index (χ1n) is 9.77. The summed E-state index contributed by atoms with van der Waals surface area (Å²) in [4.78, 5) is 4.45. The number of hydrogen-bond acceptors (Lipinski definition) is 5. The molecule has 28 heavy (non-hydrogen) atoms. The van der Waals surface area contributed by atoms with Crippen LogP contribution >= 0.6 is 0 Å². The molecule has 7 nitrogen and oxygen atoms in total. The highest BCUT2D eigenvalue weighted by atomic mass is 16.5. The fourth-order valence-corrected chi connectivity index (χ4v) is 3.41. The second-order valence-corrected chi connectivity index (χ2v) is 7.54. The molecule has 1 aliphatic heterocycles. The lowest BCUT2D eigenvalue weighted by Gasteiger charge is -2.12. The Balaban J connectivity index is 1.56. The molecule has 148 valence electrons. The lowest BCUT2D eigenvalue weighted by molar-refractivity contribution is 0.297. The largest absolute Gasteiger partial charge is 0.490 e. The molecule has 1 aliphatic rings. The van der Waals surface area contributed by atoms with Gasteiger partial charge in [-0.2, -0.15) is 5.10 Å². The Bertz CT molecular complexity index is 944. The summed E-state index contributed by atoms with van der Waals surface area (Å²) in [5, 5.41) is 8.13. The van der Waals surface area contributed by atoms with Crippen molar-refractivity contribution in [3.8, 4) is 22.8 Å². The maximum Gasteiger partial charge on any atom is 0.203 e. The number of nitrogens with zero attached hydrogens (tertiary/aromatic N) is 4.